The molecule has 3 heteroatoms. The van der Waals surface area contributed by atoms with Crippen molar-refractivity contribution in [2.45, 2.75) is 44.6 Å². The van der Waals surface area contributed by atoms with Crippen LogP contribution in [-0.4, -0.2) is 29.6 Å². The fourth-order valence-electron chi connectivity index (χ4n) is 5.18. The molecule has 3 atom stereocenters. The number of nitrogens with zero attached hydrogens (tertiary/aromatic N) is 2. The SMILES string of the molecule is C[C@@H]1CN(C(=O)c2ccc3c(c2)CC=N3)[C@@H]2Cc3ccccc3[C@@]1(C)C2. The van der Waals surface area contributed by atoms with Crippen LogP contribution in [0.15, 0.2) is 47.5 Å². The van der Waals surface area contributed by atoms with Gasteiger partial charge in [-0.1, -0.05) is 38.1 Å². The number of benzene rings is 2. The molecule has 0 radical (unpaired) electrons. The second-order valence-corrected chi connectivity index (χ2v) is 8.35. The van der Waals surface area contributed by atoms with E-state index < -0.39 is 0 Å². The molecule has 0 N–H and O–H groups in total. The van der Waals surface area contributed by atoms with Crippen molar-refractivity contribution in [3.63, 3.8) is 0 Å². The first kappa shape index (κ1) is 15.8. The molecule has 0 aromatic heterocycles. The number of likely N-dealkylation sites (tertiary alicyclic amines) is 1. The van der Waals surface area contributed by atoms with Crippen LogP contribution in [0.25, 0.3) is 0 Å². The van der Waals surface area contributed by atoms with Gasteiger partial charge in [0.15, 0.2) is 0 Å². The van der Waals surface area contributed by atoms with Crippen molar-refractivity contribution >= 4 is 17.8 Å². The summed E-state index contributed by atoms with van der Waals surface area (Å²) in [5.41, 5.74) is 6.06. The van der Waals surface area contributed by atoms with Gasteiger partial charge in [-0.05, 0) is 59.1 Å². The molecule has 1 amide bonds. The van der Waals surface area contributed by atoms with Crippen LogP contribution in [0.2, 0.25) is 0 Å². The largest absolute Gasteiger partial charge is 0.335 e. The van der Waals surface area contributed by atoms with Crippen molar-refractivity contribution in [3.8, 4) is 0 Å². The van der Waals surface area contributed by atoms with Crippen molar-refractivity contribution in [2.24, 2.45) is 10.9 Å². The summed E-state index contributed by atoms with van der Waals surface area (Å²) in [5, 5.41) is 0. The molecule has 132 valence electrons. The highest BCUT2D eigenvalue weighted by atomic mass is 16.2. The third-order valence-electron chi connectivity index (χ3n) is 6.88. The Labute approximate surface area is 154 Å². The van der Waals surface area contributed by atoms with Crippen LogP contribution < -0.4 is 0 Å². The molecule has 0 spiro atoms. The van der Waals surface area contributed by atoms with Crippen molar-refractivity contribution in [3.05, 3.63) is 64.7 Å². The van der Waals surface area contributed by atoms with E-state index in [1.165, 1.54) is 16.7 Å². The van der Waals surface area contributed by atoms with Crippen LogP contribution in [0.3, 0.4) is 0 Å². The van der Waals surface area contributed by atoms with E-state index in [-0.39, 0.29) is 11.3 Å². The van der Waals surface area contributed by atoms with Gasteiger partial charge in [-0.15, -0.1) is 0 Å². The predicted octanol–water partition coefficient (Wildman–Crippen LogP) is 4.31. The molecule has 1 aliphatic carbocycles. The van der Waals surface area contributed by atoms with Gasteiger partial charge in [-0.25, -0.2) is 0 Å². The van der Waals surface area contributed by atoms with Gasteiger partial charge in [0.25, 0.3) is 5.91 Å². The molecule has 2 aliphatic heterocycles. The van der Waals surface area contributed by atoms with E-state index in [1.54, 1.807) is 0 Å². The van der Waals surface area contributed by atoms with Crippen LogP contribution in [-0.2, 0) is 18.3 Å². The van der Waals surface area contributed by atoms with Crippen LogP contribution in [0, 0.1) is 5.92 Å². The zero-order chi connectivity index (χ0) is 17.9. The van der Waals surface area contributed by atoms with Gasteiger partial charge < -0.3 is 4.90 Å². The zero-order valence-electron chi connectivity index (χ0n) is 15.4. The predicted molar refractivity (Wildman–Crippen MR) is 104 cm³/mol. The fourth-order valence-corrected chi connectivity index (χ4v) is 5.18. The van der Waals surface area contributed by atoms with Crippen molar-refractivity contribution < 1.29 is 4.79 Å². The Balaban J connectivity index is 1.49. The van der Waals surface area contributed by atoms with Crippen LogP contribution in [0.1, 0.15) is 47.3 Å². The van der Waals surface area contributed by atoms with E-state index in [0.29, 0.717) is 12.0 Å². The number of carbonyl (C=O) groups excluding carboxylic acids is 1. The number of amides is 1. The monoisotopic (exact) mass is 344 g/mol. The first-order valence-electron chi connectivity index (χ1n) is 9.61. The molecule has 2 heterocycles. The number of aliphatic imine (C=N–C) groups is 1. The molecule has 3 nitrogen and oxygen atoms in total. The summed E-state index contributed by atoms with van der Waals surface area (Å²) in [7, 11) is 0. The topological polar surface area (TPSA) is 32.7 Å². The maximum Gasteiger partial charge on any atom is 0.254 e. The van der Waals surface area contributed by atoms with E-state index >= 15 is 0 Å². The van der Waals surface area contributed by atoms with E-state index in [9.17, 15) is 4.79 Å². The lowest BCUT2D eigenvalue weighted by Crippen LogP contribution is -2.58. The summed E-state index contributed by atoms with van der Waals surface area (Å²) in [6.45, 7) is 5.52. The van der Waals surface area contributed by atoms with Gasteiger partial charge in [0.1, 0.15) is 0 Å². The third-order valence-corrected chi connectivity index (χ3v) is 6.88. The minimum absolute atomic E-state index is 0.169. The second kappa shape index (κ2) is 5.54. The third kappa shape index (κ3) is 2.19. The van der Waals surface area contributed by atoms with Crippen molar-refractivity contribution in [2.75, 3.05) is 6.54 Å². The summed E-state index contributed by atoms with van der Waals surface area (Å²) >= 11 is 0. The molecule has 0 unspecified atom stereocenters. The van der Waals surface area contributed by atoms with Gasteiger partial charge >= 0.3 is 0 Å². The fraction of sp³-hybridized carbons (Fsp3) is 0.391. The first-order valence-corrected chi connectivity index (χ1v) is 9.61. The standard InChI is InChI=1S/C23H24N2O/c1-15-14-25(22(26)18-7-8-21-17(11-18)9-10-24-21)19-12-16-5-3-4-6-20(16)23(15,2)13-19/h3-8,10-11,15,19H,9,12-14H2,1-2H3/t15-,19-,23+/m1/s1. The molecule has 3 aliphatic rings. The number of carbonyl (C=O) groups is 1. The van der Waals surface area contributed by atoms with E-state index in [0.717, 1.165) is 37.1 Å². The molecule has 0 saturated carbocycles. The minimum Gasteiger partial charge on any atom is -0.335 e. The number of piperidine rings is 1. The quantitative estimate of drug-likeness (QED) is 0.759. The zero-order valence-corrected chi connectivity index (χ0v) is 15.4. The highest BCUT2D eigenvalue weighted by molar-refractivity contribution is 5.96. The minimum atomic E-state index is 0.169. The normalized spacial score (nSPS) is 28.6. The Morgan fingerprint density at radius 2 is 2.04 bits per heavy atom. The molecule has 1 saturated heterocycles. The molecule has 2 aromatic rings. The average Bonchev–Trinajstić information content (AvgIpc) is 3.12. The highest BCUT2D eigenvalue weighted by Crippen LogP contribution is 2.47. The number of hydrogen-bond acceptors (Lipinski definition) is 2. The van der Waals surface area contributed by atoms with Gasteiger partial charge in [0, 0.05) is 30.8 Å². The highest BCUT2D eigenvalue weighted by Gasteiger charge is 2.48. The Morgan fingerprint density at radius 1 is 1.19 bits per heavy atom. The summed E-state index contributed by atoms with van der Waals surface area (Å²) in [6.07, 6.45) is 4.79. The lowest BCUT2D eigenvalue weighted by Gasteiger charge is -2.53. The van der Waals surface area contributed by atoms with Crippen LogP contribution >= 0.6 is 0 Å². The molecule has 26 heavy (non-hydrogen) atoms. The van der Waals surface area contributed by atoms with Gasteiger partial charge in [-0.2, -0.15) is 0 Å². The molecule has 2 aromatic carbocycles. The first-order chi connectivity index (χ1) is 12.6. The average molecular weight is 344 g/mol. The maximum absolute atomic E-state index is 13.3. The molecule has 5 rings (SSSR count). The van der Waals surface area contributed by atoms with Gasteiger partial charge in [0.2, 0.25) is 0 Å². The Kier molecular flexibility index (Phi) is 3.37. The summed E-state index contributed by atoms with van der Waals surface area (Å²) in [5.74, 6) is 0.625. The van der Waals surface area contributed by atoms with E-state index in [1.807, 2.05) is 24.4 Å². The summed E-state index contributed by atoms with van der Waals surface area (Å²) in [4.78, 5) is 19.8. The Hall–Kier alpha value is -2.42. The maximum atomic E-state index is 13.3. The van der Waals surface area contributed by atoms with Gasteiger partial charge in [0.05, 0.1) is 5.69 Å². The lowest BCUT2D eigenvalue weighted by molar-refractivity contribution is 0.0315. The second-order valence-electron chi connectivity index (χ2n) is 8.35. The number of fused-ring (bicyclic) bond motifs is 5. The lowest BCUT2D eigenvalue weighted by atomic mass is 9.60. The molecular formula is C23H24N2O. The summed E-state index contributed by atoms with van der Waals surface area (Å²) in [6, 6.07) is 15.1. The van der Waals surface area contributed by atoms with E-state index in [4.69, 9.17) is 0 Å². The molecule has 2 bridgehead atoms. The van der Waals surface area contributed by atoms with Crippen molar-refractivity contribution in [1.29, 1.82) is 0 Å². The smallest absolute Gasteiger partial charge is 0.254 e. The number of hydrogen-bond donors (Lipinski definition) is 0. The Bertz CT molecular complexity index is 932. The number of rotatable bonds is 1. The summed E-state index contributed by atoms with van der Waals surface area (Å²) < 4.78 is 0. The Morgan fingerprint density at radius 3 is 2.92 bits per heavy atom. The van der Waals surface area contributed by atoms with Crippen LogP contribution in [0.4, 0.5) is 5.69 Å². The van der Waals surface area contributed by atoms with Gasteiger partial charge in [-0.3, -0.25) is 9.79 Å². The van der Waals surface area contributed by atoms with E-state index in [2.05, 4.69) is 48.0 Å². The molecule has 1 fully saturated rings. The molecular weight excluding hydrogens is 320 g/mol. The van der Waals surface area contributed by atoms with Crippen molar-refractivity contribution in [1.82, 2.24) is 4.90 Å². The van der Waals surface area contributed by atoms with Crippen LogP contribution in [0.5, 0.6) is 0 Å².